The molecule has 0 radical (unpaired) electrons. The van der Waals surface area contributed by atoms with Crippen molar-refractivity contribution in [2.45, 2.75) is 25.3 Å². The molecule has 27 heavy (non-hydrogen) atoms. The molecule has 140 valence electrons. The van der Waals surface area contributed by atoms with Crippen LogP contribution in [-0.4, -0.2) is 42.4 Å². The number of nitrogens with zero attached hydrogens (tertiary/aromatic N) is 2. The van der Waals surface area contributed by atoms with E-state index in [4.69, 9.17) is 4.42 Å². The molecule has 1 unspecified atom stereocenters. The van der Waals surface area contributed by atoms with E-state index in [0.717, 1.165) is 36.2 Å². The molecule has 4 rings (SSSR count). The molecule has 4 heteroatoms. The quantitative estimate of drug-likeness (QED) is 0.657. The molecule has 0 saturated carbocycles. The van der Waals surface area contributed by atoms with Gasteiger partial charge in [-0.2, -0.15) is 0 Å². The number of hydrogen-bond acceptors (Lipinski definition) is 3. The van der Waals surface area contributed by atoms with Gasteiger partial charge >= 0.3 is 0 Å². The zero-order valence-electron chi connectivity index (χ0n) is 15.8. The van der Waals surface area contributed by atoms with E-state index in [1.807, 2.05) is 54.4 Å². The summed E-state index contributed by atoms with van der Waals surface area (Å²) in [4.78, 5) is 17.4. The van der Waals surface area contributed by atoms with Gasteiger partial charge in [-0.15, -0.1) is 0 Å². The molecule has 3 aromatic rings. The minimum absolute atomic E-state index is 0.0537. The van der Waals surface area contributed by atoms with Crippen molar-refractivity contribution in [3.63, 3.8) is 0 Å². The highest BCUT2D eigenvalue weighted by atomic mass is 16.3. The van der Waals surface area contributed by atoms with Crippen molar-refractivity contribution in [2.24, 2.45) is 0 Å². The molecular formula is C23H26N2O2. The number of amides is 1. The van der Waals surface area contributed by atoms with E-state index in [2.05, 4.69) is 17.0 Å². The summed E-state index contributed by atoms with van der Waals surface area (Å²) in [5.74, 6) is 0.832. The smallest absolute Gasteiger partial charge is 0.230 e. The fourth-order valence-electron chi connectivity index (χ4n) is 3.96. The van der Waals surface area contributed by atoms with Crippen LogP contribution in [0.1, 0.15) is 30.2 Å². The summed E-state index contributed by atoms with van der Waals surface area (Å²) in [6.07, 6.45) is 4.51. The predicted octanol–water partition coefficient (Wildman–Crippen LogP) is 4.27. The number of fused-ring (bicyclic) bond motifs is 1. The SMILES string of the molecule is CN(C(=O)Cc1occ2ccccc12)C(CN1CCCC1)c1ccccc1. The number of carbonyl (C=O) groups is 1. The number of furan rings is 1. The van der Waals surface area contributed by atoms with Gasteiger partial charge in [0.05, 0.1) is 18.7 Å². The molecule has 1 amide bonds. The van der Waals surface area contributed by atoms with Crippen LogP contribution in [0.3, 0.4) is 0 Å². The predicted molar refractivity (Wildman–Crippen MR) is 108 cm³/mol. The zero-order chi connectivity index (χ0) is 18.6. The Morgan fingerprint density at radius 2 is 1.78 bits per heavy atom. The number of likely N-dealkylation sites (tertiary alicyclic amines) is 1. The first-order valence-corrected chi connectivity index (χ1v) is 9.70. The van der Waals surface area contributed by atoms with Gasteiger partial charge in [0.25, 0.3) is 0 Å². The molecule has 2 heterocycles. The van der Waals surface area contributed by atoms with Crippen LogP contribution in [-0.2, 0) is 11.2 Å². The molecule has 0 bridgehead atoms. The normalized spacial score (nSPS) is 15.9. The van der Waals surface area contributed by atoms with Crippen molar-refractivity contribution in [3.8, 4) is 0 Å². The Kier molecular flexibility index (Phi) is 5.26. The maximum Gasteiger partial charge on any atom is 0.230 e. The molecule has 1 aliphatic rings. The molecule has 0 N–H and O–H groups in total. The van der Waals surface area contributed by atoms with Crippen molar-refractivity contribution in [1.29, 1.82) is 0 Å². The Bertz CT molecular complexity index is 897. The van der Waals surface area contributed by atoms with E-state index < -0.39 is 0 Å². The van der Waals surface area contributed by atoms with E-state index in [9.17, 15) is 4.79 Å². The monoisotopic (exact) mass is 362 g/mol. The first-order chi connectivity index (χ1) is 13.2. The largest absolute Gasteiger partial charge is 0.468 e. The van der Waals surface area contributed by atoms with Crippen LogP contribution in [0.4, 0.5) is 0 Å². The maximum atomic E-state index is 13.1. The molecule has 1 aromatic heterocycles. The average Bonchev–Trinajstić information content (AvgIpc) is 3.36. The first kappa shape index (κ1) is 17.8. The summed E-state index contributed by atoms with van der Waals surface area (Å²) in [7, 11) is 1.92. The van der Waals surface area contributed by atoms with Crippen LogP contribution in [0.15, 0.2) is 65.3 Å². The van der Waals surface area contributed by atoms with E-state index in [-0.39, 0.29) is 18.4 Å². The van der Waals surface area contributed by atoms with Crippen molar-refractivity contribution < 1.29 is 9.21 Å². The molecule has 1 fully saturated rings. The third kappa shape index (κ3) is 3.91. The van der Waals surface area contributed by atoms with E-state index in [0.29, 0.717) is 0 Å². The van der Waals surface area contributed by atoms with E-state index in [1.54, 1.807) is 6.26 Å². The van der Waals surface area contributed by atoms with Crippen LogP contribution in [0.2, 0.25) is 0 Å². The fraction of sp³-hybridized carbons (Fsp3) is 0.348. The van der Waals surface area contributed by atoms with Crippen LogP contribution in [0.5, 0.6) is 0 Å². The summed E-state index contributed by atoms with van der Waals surface area (Å²) in [6.45, 7) is 3.12. The highest BCUT2D eigenvalue weighted by molar-refractivity contribution is 5.88. The van der Waals surface area contributed by atoms with Gasteiger partial charge < -0.3 is 14.2 Å². The molecule has 0 aliphatic carbocycles. The summed E-state index contributed by atoms with van der Waals surface area (Å²) >= 11 is 0. The molecular weight excluding hydrogens is 336 g/mol. The third-order valence-corrected chi connectivity index (χ3v) is 5.58. The topological polar surface area (TPSA) is 36.7 Å². The second-order valence-electron chi connectivity index (χ2n) is 7.36. The van der Waals surface area contributed by atoms with Gasteiger partial charge in [0.1, 0.15) is 5.76 Å². The van der Waals surface area contributed by atoms with Crippen molar-refractivity contribution >= 4 is 16.7 Å². The summed E-state index contributed by atoms with van der Waals surface area (Å²) < 4.78 is 5.70. The maximum absolute atomic E-state index is 13.1. The lowest BCUT2D eigenvalue weighted by Gasteiger charge is -2.32. The van der Waals surface area contributed by atoms with Crippen molar-refractivity contribution in [1.82, 2.24) is 9.80 Å². The van der Waals surface area contributed by atoms with Gasteiger partial charge in [0.15, 0.2) is 0 Å². The fourth-order valence-corrected chi connectivity index (χ4v) is 3.96. The van der Waals surface area contributed by atoms with Crippen molar-refractivity contribution in [2.75, 3.05) is 26.7 Å². The minimum Gasteiger partial charge on any atom is -0.468 e. The lowest BCUT2D eigenvalue weighted by Crippen LogP contribution is -2.39. The molecule has 4 nitrogen and oxygen atoms in total. The van der Waals surface area contributed by atoms with E-state index >= 15 is 0 Å². The standard InChI is InChI=1S/C23H26N2O2/c1-24(23(26)15-22-20-12-6-5-11-19(20)17-27-22)21(16-25-13-7-8-14-25)18-9-3-2-4-10-18/h2-6,9-12,17,21H,7-8,13-16H2,1H3. The highest BCUT2D eigenvalue weighted by Gasteiger charge is 2.26. The minimum atomic E-state index is 0.0537. The van der Waals surface area contributed by atoms with Gasteiger partial charge in [-0.25, -0.2) is 0 Å². The molecule has 1 atom stereocenters. The number of hydrogen-bond donors (Lipinski definition) is 0. The number of likely N-dealkylation sites (N-methyl/N-ethyl adjacent to an activating group) is 1. The Labute approximate surface area is 160 Å². The van der Waals surface area contributed by atoms with Crippen molar-refractivity contribution in [3.05, 3.63) is 72.2 Å². The Morgan fingerprint density at radius 3 is 2.56 bits per heavy atom. The lowest BCUT2D eigenvalue weighted by molar-refractivity contribution is -0.132. The molecule has 1 aliphatic heterocycles. The zero-order valence-corrected chi connectivity index (χ0v) is 15.8. The number of benzene rings is 2. The Hall–Kier alpha value is -2.59. The van der Waals surface area contributed by atoms with Gasteiger partial charge in [-0.1, -0.05) is 54.6 Å². The summed E-state index contributed by atoms with van der Waals surface area (Å²) in [6, 6.07) is 18.4. The highest BCUT2D eigenvalue weighted by Crippen LogP contribution is 2.26. The van der Waals surface area contributed by atoms with Crippen LogP contribution in [0, 0.1) is 0 Å². The summed E-state index contributed by atoms with van der Waals surface area (Å²) in [5, 5.41) is 2.06. The second kappa shape index (κ2) is 7.97. The summed E-state index contributed by atoms with van der Waals surface area (Å²) in [5.41, 5.74) is 1.18. The second-order valence-corrected chi connectivity index (χ2v) is 7.36. The van der Waals surface area contributed by atoms with E-state index in [1.165, 1.54) is 18.4 Å². The van der Waals surface area contributed by atoms with Crippen LogP contribution < -0.4 is 0 Å². The van der Waals surface area contributed by atoms with Crippen LogP contribution in [0.25, 0.3) is 10.8 Å². The van der Waals surface area contributed by atoms with Gasteiger partial charge in [-0.3, -0.25) is 4.79 Å². The van der Waals surface area contributed by atoms with Gasteiger partial charge in [-0.05, 0) is 31.5 Å². The van der Waals surface area contributed by atoms with Gasteiger partial charge in [0, 0.05) is 24.4 Å². The molecule has 0 spiro atoms. The Morgan fingerprint density at radius 1 is 1.07 bits per heavy atom. The lowest BCUT2D eigenvalue weighted by atomic mass is 10.0. The molecule has 1 saturated heterocycles. The third-order valence-electron chi connectivity index (χ3n) is 5.58. The first-order valence-electron chi connectivity index (χ1n) is 9.70. The van der Waals surface area contributed by atoms with Gasteiger partial charge in [0.2, 0.25) is 5.91 Å². The Balaban J connectivity index is 1.54. The molecule has 2 aromatic carbocycles. The average molecular weight is 362 g/mol. The van der Waals surface area contributed by atoms with Crippen LogP contribution >= 0.6 is 0 Å². The number of carbonyl (C=O) groups excluding carboxylic acids is 1. The number of rotatable bonds is 6.